The van der Waals surface area contributed by atoms with Gasteiger partial charge in [-0.05, 0) is 48.0 Å². The van der Waals surface area contributed by atoms with Crippen molar-refractivity contribution in [2.75, 3.05) is 19.6 Å². The molecule has 0 fully saturated rings. The van der Waals surface area contributed by atoms with Gasteiger partial charge in [0.15, 0.2) is 5.96 Å². The molecule has 0 bridgehead atoms. The summed E-state index contributed by atoms with van der Waals surface area (Å²) in [6.45, 7) is 14.3. The van der Waals surface area contributed by atoms with Crippen LogP contribution in [0.15, 0.2) is 23.7 Å². The number of aliphatic imine (C=N–C) groups is 1. The number of rotatable bonds is 8. The number of aromatic nitrogens is 2. The van der Waals surface area contributed by atoms with Crippen LogP contribution in [0.25, 0.3) is 0 Å². The van der Waals surface area contributed by atoms with Gasteiger partial charge in [-0.3, -0.25) is 4.99 Å². The van der Waals surface area contributed by atoms with Gasteiger partial charge in [0, 0.05) is 32.0 Å². The van der Waals surface area contributed by atoms with Gasteiger partial charge in [0.1, 0.15) is 5.60 Å². The molecule has 0 aliphatic heterocycles. The molecule has 0 radical (unpaired) electrons. The van der Waals surface area contributed by atoms with Gasteiger partial charge in [-0.1, -0.05) is 0 Å². The minimum Gasteiger partial charge on any atom is -0.444 e. The molecule has 1 aromatic heterocycles. The largest absolute Gasteiger partial charge is 0.444 e. The van der Waals surface area contributed by atoms with E-state index in [2.05, 4.69) is 25.9 Å². The van der Waals surface area contributed by atoms with E-state index in [-0.39, 0.29) is 0 Å². The van der Waals surface area contributed by atoms with Crippen molar-refractivity contribution in [2.24, 2.45) is 4.99 Å². The summed E-state index contributed by atoms with van der Waals surface area (Å²) in [5.74, 6) is 0.734. The average molecular weight is 367 g/mol. The Kier molecular flexibility index (Phi) is 8.41. The second-order valence-electron chi connectivity index (χ2n) is 7.79. The molecule has 0 unspecified atom stereocenters. The van der Waals surface area contributed by atoms with Crippen molar-refractivity contribution < 1.29 is 9.53 Å². The smallest absolute Gasteiger partial charge is 0.408 e. The number of nitrogens with zero attached hydrogens (tertiary/aromatic N) is 3. The van der Waals surface area contributed by atoms with Crippen LogP contribution < -0.4 is 16.0 Å². The van der Waals surface area contributed by atoms with E-state index >= 15 is 0 Å². The van der Waals surface area contributed by atoms with Crippen LogP contribution in [0.2, 0.25) is 0 Å². The van der Waals surface area contributed by atoms with E-state index < -0.39 is 17.2 Å². The lowest BCUT2D eigenvalue weighted by Crippen LogP contribution is -2.49. The highest BCUT2D eigenvalue weighted by atomic mass is 16.6. The molecule has 1 aromatic rings. The van der Waals surface area contributed by atoms with Crippen LogP contribution in [0.1, 0.15) is 48.0 Å². The molecule has 1 heterocycles. The number of ether oxygens (including phenoxy) is 1. The zero-order valence-electron chi connectivity index (χ0n) is 16.9. The van der Waals surface area contributed by atoms with Crippen LogP contribution in [0.4, 0.5) is 4.79 Å². The van der Waals surface area contributed by atoms with Crippen LogP contribution in [-0.4, -0.2) is 52.4 Å². The predicted octanol–water partition coefficient (Wildman–Crippen LogP) is 2.13. The van der Waals surface area contributed by atoms with Gasteiger partial charge >= 0.3 is 6.09 Å². The SMILES string of the molecule is CCNC(=NCC(C)(C)NC(=O)OC(C)(C)C)NCCCn1ccnc1. The molecule has 0 saturated carbocycles. The molecular formula is C18H34N6O2. The van der Waals surface area contributed by atoms with Gasteiger partial charge in [-0.25, -0.2) is 9.78 Å². The fourth-order valence-corrected chi connectivity index (χ4v) is 2.13. The quantitative estimate of drug-likeness (QED) is 0.372. The number of alkyl carbamates (subject to hydrolysis) is 1. The predicted molar refractivity (Wildman–Crippen MR) is 104 cm³/mol. The third-order valence-corrected chi connectivity index (χ3v) is 3.26. The first kappa shape index (κ1) is 21.8. The second kappa shape index (κ2) is 10.0. The second-order valence-corrected chi connectivity index (χ2v) is 7.79. The minimum atomic E-state index is -0.519. The van der Waals surface area contributed by atoms with Crippen molar-refractivity contribution in [2.45, 2.75) is 65.6 Å². The van der Waals surface area contributed by atoms with Crippen LogP contribution in [0, 0.1) is 0 Å². The maximum absolute atomic E-state index is 11.9. The van der Waals surface area contributed by atoms with Crippen LogP contribution in [-0.2, 0) is 11.3 Å². The minimum absolute atomic E-state index is 0.434. The maximum Gasteiger partial charge on any atom is 0.408 e. The van der Waals surface area contributed by atoms with E-state index in [0.717, 1.165) is 32.0 Å². The molecule has 0 spiro atoms. The zero-order chi connectivity index (χ0) is 19.6. The number of imidazole rings is 1. The molecule has 8 nitrogen and oxygen atoms in total. The fraction of sp³-hybridized carbons (Fsp3) is 0.722. The van der Waals surface area contributed by atoms with Gasteiger partial charge in [0.05, 0.1) is 18.4 Å². The van der Waals surface area contributed by atoms with Gasteiger partial charge in [-0.15, -0.1) is 0 Å². The van der Waals surface area contributed by atoms with E-state index in [1.165, 1.54) is 0 Å². The van der Waals surface area contributed by atoms with E-state index in [9.17, 15) is 4.79 Å². The number of carbonyl (C=O) groups is 1. The number of amides is 1. The fourth-order valence-electron chi connectivity index (χ4n) is 2.13. The summed E-state index contributed by atoms with van der Waals surface area (Å²) in [5, 5.41) is 9.39. The highest BCUT2D eigenvalue weighted by Crippen LogP contribution is 2.09. The molecule has 1 amide bonds. The summed E-state index contributed by atoms with van der Waals surface area (Å²) in [5.41, 5.74) is -1.03. The monoisotopic (exact) mass is 366 g/mol. The highest BCUT2D eigenvalue weighted by molar-refractivity contribution is 5.79. The highest BCUT2D eigenvalue weighted by Gasteiger charge is 2.24. The number of nitrogens with one attached hydrogen (secondary N) is 3. The van der Waals surface area contributed by atoms with Gasteiger partial charge < -0.3 is 25.3 Å². The summed E-state index contributed by atoms with van der Waals surface area (Å²) in [6, 6.07) is 0. The Morgan fingerprint density at radius 1 is 1.23 bits per heavy atom. The molecule has 0 saturated heterocycles. The van der Waals surface area contributed by atoms with E-state index in [1.807, 2.05) is 58.6 Å². The summed E-state index contributed by atoms with van der Waals surface area (Å²) >= 11 is 0. The molecule has 148 valence electrons. The normalized spacial score (nSPS) is 12.6. The van der Waals surface area contributed by atoms with Crippen LogP contribution in [0.3, 0.4) is 0 Å². The lowest BCUT2D eigenvalue weighted by Gasteiger charge is -2.27. The van der Waals surface area contributed by atoms with E-state index in [1.54, 1.807) is 6.20 Å². The topological polar surface area (TPSA) is 92.6 Å². The molecular weight excluding hydrogens is 332 g/mol. The van der Waals surface area contributed by atoms with Crippen LogP contribution >= 0.6 is 0 Å². The Labute approximate surface area is 156 Å². The molecule has 0 aliphatic carbocycles. The van der Waals surface area contributed by atoms with Crippen molar-refractivity contribution in [3.63, 3.8) is 0 Å². The van der Waals surface area contributed by atoms with Crippen molar-refractivity contribution in [1.82, 2.24) is 25.5 Å². The number of guanidine groups is 1. The molecule has 1 rings (SSSR count). The third-order valence-electron chi connectivity index (χ3n) is 3.26. The maximum atomic E-state index is 11.9. The summed E-state index contributed by atoms with van der Waals surface area (Å²) in [4.78, 5) is 20.6. The van der Waals surface area contributed by atoms with Crippen molar-refractivity contribution in [3.8, 4) is 0 Å². The number of carbonyl (C=O) groups excluding carboxylic acids is 1. The first-order valence-electron chi connectivity index (χ1n) is 9.10. The zero-order valence-corrected chi connectivity index (χ0v) is 16.9. The van der Waals surface area contributed by atoms with Crippen LogP contribution in [0.5, 0.6) is 0 Å². The Hall–Kier alpha value is -2.25. The molecule has 26 heavy (non-hydrogen) atoms. The third kappa shape index (κ3) is 9.90. The van der Waals surface area contributed by atoms with Gasteiger partial charge in [0.2, 0.25) is 0 Å². The van der Waals surface area contributed by atoms with Crippen molar-refractivity contribution in [1.29, 1.82) is 0 Å². The summed E-state index contributed by atoms with van der Waals surface area (Å²) in [6.07, 6.45) is 6.06. The summed E-state index contributed by atoms with van der Waals surface area (Å²) in [7, 11) is 0. The van der Waals surface area contributed by atoms with Crippen molar-refractivity contribution in [3.05, 3.63) is 18.7 Å². The first-order valence-corrected chi connectivity index (χ1v) is 9.10. The van der Waals surface area contributed by atoms with Crippen molar-refractivity contribution >= 4 is 12.1 Å². The first-order chi connectivity index (χ1) is 12.1. The molecule has 8 heteroatoms. The lowest BCUT2D eigenvalue weighted by atomic mass is 10.1. The number of aryl methyl sites for hydroxylation is 1. The average Bonchev–Trinajstić information content (AvgIpc) is 2.99. The standard InChI is InChI=1S/C18H34N6O2/c1-7-20-15(21-9-8-11-24-12-10-19-14-24)22-13-18(5,6)23-16(25)26-17(2,3)4/h10,12,14H,7-9,11,13H2,1-6H3,(H,23,25)(H2,20,21,22). The number of hydrogen-bond donors (Lipinski definition) is 3. The molecule has 0 atom stereocenters. The van der Waals surface area contributed by atoms with Gasteiger partial charge in [0.25, 0.3) is 0 Å². The Morgan fingerprint density at radius 3 is 2.54 bits per heavy atom. The Bertz CT molecular complexity index is 561. The molecule has 3 N–H and O–H groups in total. The Morgan fingerprint density at radius 2 is 1.96 bits per heavy atom. The van der Waals surface area contributed by atoms with E-state index in [4.69, 9.17) is 4.74 Å². The molecule has 0 aliphatic rings. The lowest BCUT2D eigenvalue weighted by molar-refractivity contribution is 0.0476. The van der Waals surface area contributed by atoms with E-state index in [0.29, 0.717) is 6.54 Å². The number of hydrogen-bond acceptors (Lipinski definition) is 4. The van der Waals surface area contributed by atoms with Gasteiger partial charge in [-0.2, -0.15) is 0 Å². The molecule has 0 aromatic carbocycles. The Balaban J connectivity index is 2.45. The summed E-state index contributed by atoms with van der Waals surface area (Å²) < 4.78 is 7.35.